The Hall–Kier alpha value is -1.68. The van der Waals surface area contributed by atoms with Crippen molar-refractivity contribution in [2.45, 2.75) is 26.4 Å². The third kappa shape index (κ3) is 1.87. The zero-order valence-corrected chi connectivity index (χ0v) is 11.6. The second kappa shape index (κ2) is 4.17. The van der Waals surface area contributed by atoms with Crippen molar-refractivity contribution in [3.05, 3.63) is 30.0 Å². The standard InChI is InChI=1S/C15H19N3O/c1-10(2)15(19)8-18(9-15)14-13-7-5-4-6-12(13)11(3)16-17-14/h4-7,10,19H,8-9H2,1-3H3. The number of hydrogen-bond acceptors (Lipinski definition) is 4. The van der Waals surface area contributed by atoms with Gasteiger partial charge in [-0.2, -0.15) is 5.10 Å². The molecule has 0 bridgehead atoms. The lowest BCUT2D eigenvalue weighted by molar-refractivity contribution is -0.0303. The molecule has 0 saturated carbocycles. The molecule has 0 radical (unpaired) electrons. The van der Waals surface area contributed by atoms with Crippen LogP contribution in [0.15, 0.2) is 24.3 Å². The number of β-amino-alcohol motifs (C(OH)–C–C–N with tert-alkyl or cyclic N) is 1. The summed E-state index contributed by atoms with van der Waals surface area (Å²) in [6.07, 6.45) is 0. The molecule has 0 atom stereocenters. The van der Waals surface area contributed by atoms with Crippen molar-refractivity contribution in [2.24, 2.45) is 5.92 Å². The summed E-state index contributed by atoms with van der Waals surface area (Å²) in [5.74, 6) is 1.14. The van der Waals surface area contributed by atoms with Gasteiger partial charge in [-0.25, -0.2) is 0 Å². The van der Waals surface area contributed by atoms with Crippen LogP contribution in [0.3, 0.4) is 0 Å². The number of fused-ring (bicyclic) bond motifs is 1. The molecule has 1 aromatic heterocycles. The van der Waals surface area contributed by atoms with Gasteiger partial charge in [0, 0.05) is 10.8 Å². The van der Waals surface area contributed by atoms with Crippen LogP contribution in [0.2, 0.25) is 0 Å². The Morgan fingerprint density at radius 3 is 2.42 bits per heavy atom. The number of nitrogens with zero attached hydrogens (tertiary/aromatic N) is 3. The van der Waals surface area contributed by atoms with E-state index < -0.39 is 5.60 Å². The fourth-order valence-corrected chi connectivity index (χ4v) is 2.59. The Labute approximate surface area is 113 Å². The number of hydrogen-bond donors (Lipinski definition) is 1. The number of anilines is 1. The van der Waals surface area contributed by atoms with Gasteiger partial charge < -0.3 is 10.0 Å². The summed E-state index contributed by atoms with van der Waals surface area (Å²) in [5, 5.41) is 21.1. The maximum Gasteiger partial charge on any atom is 0.159 e. The van der Waals surface area contributed by atoms with Crippen LogP contribution in [0.5, 0.6) is 0 Å². The van der Waals surface area contributed by atoms with E-state index in [1.807, 2.05) is 19.1 Å². The zero-order valence-electron chi connectivity index (χ0n) is 11.6. The van der Waals surface area contributed by atoms with Crippen LogP contribution < -0.4 is 4.90 Å². The first-order valence-electron chi connectivity index (χ1n) is 6.70. The summed E-state index contributed by atoms with van der Waals surface area (Å²) >= 11 is 0. The van der Waals surface area contributed by atoms with Gasteiger partial charge in [-0.3, -0.25) is 0 Å². The number of aryl methyl sites for hydroxylation is 1. The maximum atomic E-state index is 10.4. The molecule has 1 N–H and O–H groups in total. The average molecular weight is 257 g/mol. The van der Waals surface area contributed by atoms with E-state index in [0.717, 1.165) is 22.3 Å². The van der Waals surface area contributed by atoms with E-state index in [1.54, 1.807) is 0 Å². The molecule has 0 spiro atoms. The monoisotopic (exact) mass is 257 g/mol. The van der Waals surface area contributed by atoms with Crippen molar-refractivity contribution < 1.29 is 5.11 Å². The molecule has 4 heteroatoms. The Morgan fingerprint density at radius 1 is 1.16 bits per heavy atom. The molecule has 0 aliphatic carbocycles. The highest BCUT2D eigenvalue weighted by atomic mass is 16.3. The molecule has 1 fully saturated rings. The average Bonchev–Trinajstić information content (AvgIpc) is 2.36. The molecule has 1 aromatic carbocycles. The van der Waals surface area contributed by atoms with Gasteiger partial charge in [0.15, 0.2) is 5.82 Å². The SMILES string of the molecule is Cc1nnc(N2CC(O)(C(C)C)C2)c2ccccc12. The number of aliphatic hydroxyl groups is 1. The van der Waals surface area contributed by atoms with Crippen LogP contribution in [0.25, 0.3) is 10.8 Å². The van der Waals surface area contributed by atoms with E-state index >= 15 is 0 Å². The third-order valence-corrected chi connectivity index (χ3v) is 4.16. The van der Waals surface area contributed by atoms with Crippen molar-refractivity contribution in [1.82, 2.24) is 10.2 Å². The van der Waals surface area contributed by atoms with Gasteiger partial charge in [0.1, 0.15) is 5.60 Å². The van der Waals surface area contributed by atoms with Crippen molar-refractivity contribution in [3.63, 3.8) is 0 Å². The van der Waals surface area contributed by atoms with Gasteiger partial charge in [0.2, 0.25) is 0 Å². The van der Waals surface area contributed by atoms with Gasteiger partial charge in [-0.1, -0.05) is 38.1 Å². The van der Waals surface area contributed by atoms with E-state index in [-0.39, 0.29) is 5.92 Å². The minimum Gasteiger partial charge on any atom is -0.386 e. The van der Waals surface area contributed by atoms with Crippen molar-refractivity contribution in [2.75, 3.05) is 18.0 Å². The first-order chi connectivity index (χ1) is 9.01. The largest absolute Gasteiger partial charge is 0.386 e. The molecule has 3 rings (SSSR count). The second-order valence-electron chi connectivity index (χ2n) is 5.77. The molecular formula is C15H19N3O. The Morgan fingerprint density at radius 2 is 1.79 bits per heavy atom. The minimum atomic E-state index is -0.590. The summed E-state index contributed by atoms with van der Waals surface area (Å²) in [6.45, 7) is 7.34. The van der Waals surface area contributed by atoms with Crippen LogP contribution in [0, 0.1) is 12.8 Å². The Kier molecular flexibility index (Phi) is 2.71. The molecule has 4 nitrogen and oxygen atoms in total. The van der Waals surface area contributed by atoms with Crippen LogP contribution in [-0.2, 0) is 0 Å². The summed E-state index contributed by atoms with van der Waals surface area (Å²) in [7, 11) is 0. The quantitative estimate of drug-likeness (QED) is 0.895. The Bertz CT molecular complexity index is 618. The topological polar surface area (TPSA) is 49.2 Å². The fraction of sp³-hybridized carbons (Fsp3) is 0.467. The van der Waals surface area contributed by atoms with Crippen LogP contribution >= 0.6 is 0 Å². The number of aromatic nitrogens is 2. The second-order valence-corrected chi connectivity index (χ2v) is 5.77. The van der Waals surface area contributed by atoms with Crippen molar-refractivity contribution in [3.8, 4) is 0 Å². The highest BCUT2D eigenvalue weighted by molar-refractivity contribution is 5.93. The fourth-order valence-electron chi connectivity index (χ4n) is 2.59. The van der Waals surface area contributed by atoms with Gasteiger partial charge in [0.05, 0.1) is 18.8 Å². The Balaban J connectivity index is 1.98. The van der Waals surface area contributed by atoms with Crippen molar-refractivity contribution >= 4 is 16.6 Å². The molecule has 2 heterocycles. The lowest BCUT2D eigenvalue weighted by atomic mass is 9.83. The molecule has 0 unspecified atom stereocenters. The predicted octanol–water partition coefficient (Wildman–Crippen LogP) is 2.15. The first kappa shape index (κ1) is 12.4. The van der Waals surface area contributed by atoms with Gasteiger partial charge >= 0.3 is 0 Å². The molecule has 1 saturated heterocycles. The smallest absolute Gasteiger partial charge is 0.159 e. The van der Waals surface area contributed by atoms with E-state index in [0.29, 0.717) is 13.1 Å². The molecular weight excluding hydrogens is 238 g/mol. The normalized spacial score (nSPS) is 17.8. The first-order valence-corrected chi connectivity index (χ1v) is 6.70. The lowest BCUT2D eigenvalue weighted by Gasteiger charge is -2.49. The van der Waals surface area contributed by atoms with E-state index in [2.05, 4.69) is 41.1 Å². The lowest BCUT2D eigenvalue weighted by Crippen LogP contribution is -2.65. The number of rotatable bonds is 2. The zero-order chi connectivity index (χ0) is 13.6. The van der Waals surface area contributed by atoms with E-state index in [4.69, 9.17) is 0 Å². The van der Waals surface area contributed by atoms with Gasteiger partial charge in [-0.15, -0.1) is 5.10 Å². The predicted molar refractivity (Wildman–Crippen MR) is 76.3 cm³/mol. The van der Waals surface area contributed by atoms with Gasteiger partial charge in [-0.05, 0) is 12.8 Å². The molecule has 1 aliphatic heterocycles. The molecule has 2 aromatic rings. The summed E-state index contributed by atoms with van der Waals surface area (Å²) < 4.78 is 0. The number of benzene rings is 1. The minimum absolute atomic E-state index is 0.258. The van der Waals surface area contributed by atoms with Crippen LogP contribution in [0.4, 0.5) is 5.82 Å². The van der Waals surface area contributed by atoms with Crippen LogP contribution in [-0.4, -0.2) is 34.0 Å². The highest BCUT2D eigenvalue weighted by Crippen LogP contribution is 2.35. The molecule has 19 heavy (non-hydrogen) atoms. The van der Waals surface area contributed by atoms with Gasteiger partial charge in [0.25, 0.3) is 0 Å². The highest BCUT2D eigenvalue weighted by Gasteiger charge is 2.44. The molecule has 1 aliphatic rings. The summed E-state index contributed by atoms with van der Waals surface area (Å²) in [5.41, 5.74) is 0.354. The van der Waals surface area contributed by atoms with Crippen molar-refractivity contribution in [1.29, 1.82) is 0 Å². The summed E-state index contributed by atoms with van der Waals surface area (Å²) in [6, 6.07) is 8.17. The van der Waals surface area contributed by atoms with E-state index in [1.165, 1.54) is 0 Å². The summed E-state index contributed by atoms with van der Waals surface area (Å²) in [4.78, 5) is 2.11. The maximum absolute atomic E-state index is 10.4. The van der Waals surface area contributed by atoms with Crippen LogP contribution in [0.1, 0.15) is 19.5 Å². The molecule has 0 amide bonds. The molecule has 100 valence electrons. The van der Waals surface area contributed by atoms with E-state index in [9.17, 15) is 5.11 Å². The third-order valence-electron chi connectivity index (χ3n) is 4.16.